The molecule has 45 heavy (non-hydrogen) atoms. The molecule has 1 fully saturated rings. The van der Waals surface area contributed by atoms with Gasteiger partial charge in [-0.15, -0.1) is 5.10 Å². The van der Waals surface area contributed by atoms with Gasteiger partial charge < -0.3 is 26.8 Å². The number of alkyl halides is 3. The third-order valence-corrected chi connectivity index (χ3v) is 5.79. The number of hydrogen-bond acceptors (Lipinski definition) is 8. The number of ether oxygens (including phenoxy) is 1. The van der Waals surface area contributed by atoms with Crippen LogP contribution in [0, 0.1) is 13.8 Å². The summed E-state index contributed by atoms with van der Waals surface area (Å²) < 4.78 is 47.1. The standard InChI is InChI=1S/C23H30F3N7O2.C6H10.C2H5NO/c1-14-7-19(35-20-10-23(25,26)11-20)8-18(29-14)9-22(34)30-21(28)6-5-17(27)4-3-16(24)13-33-12-15(2)31-32-33;1-4-5-6(2)3;1-3-2-4/h5-8,12,16,20H,3-4,9-11,13,27-28H2,1-2H3,(H,30,34);4-5H,2H2,1,3H3;2H,1H3,(H,3,4)/b17-5-,21-6+;5-4-;. The average molecular weight is 635 g/mol. The molecule has 248 valence electrons. The molecule has 0 radical (unpaired) electrons. The van der Waals surface area contributed by atoms with Crippen molar-refractivity contribution in [1.82, 2.24) is 30.6 Å². The van der Waals surface area contributed by atoms with E-state index in [1.165, 1.54) is 16.8 Å². The van der Waals surface area contributed by atoms with Gasteiger partial charge in [0.1, 0.15) is 23.8 Å². The zero-order chi connectivity index (χ0) is 34.0. The van der Waals surface area contributed by atoms with E-state index in [0.717, 1.165) is 5.57 Å². The molecule has 1 atom stereocenters. The molecule has 1 aliphatic carbocycles. The summed E-state index contributed by atoms with van der Waals surface area (Å²) in [6.45, 7) is 11.2. The number of hydrogen-bond donors (Lipinski definition) is 4. The Hall–Kier alpha value is -4.62. The topological polar surface area (TPSA) is 163 Å². The Balaban J connectivity index is 0.000000878. The predicted octanol–water partition coefficient (Wildman–Crippen LogP) is 4.09. The molecule has 2 aromatic heterocycles. The van der Waals surface area contributed by atoms with Crippen molar-refractivity contribution in [2.45, 2.75) is 84.5 Å². The summed E-state index contributed by atoms with van der Waals surface area (Å²) >= 11 is 0. The maximum Gasteiger partial charge on any atom is 0.255 e. The van der Waals surface area contributed by atoms with Crippen LogP contribution in [0.2, 0.25) is 0 Å². The SMILES string of the molecule is C=C(C)/C=C\C.CNC=O.Cc1cn(CC(F)CC/C(N)=C/C=C(\N)NC(=O)Cc2cc(OC3CC(F)(F)C3)cc(C)n2)nn1. The number of pyridine rings is 1. The molecule has 0 aliphatic heterocycles. The van der Waals surface area contributed by atoms with Crippen molar-refractivity contribution >= 4 is 12.3 Å². The van der Waals surface area contributed by atoms with Gasteiger partial charge in [-0.1, -0.05) is 29.5 Å². The number of aryl methyl sites for hydroxylation is 2. The number of halogens is 3. The Kier molecular flexibility index (Phi) is 16.7. The first-order valence-corrected chi connectivity index (χ1v) is 14.3. The highest BCUT2D eigenvalue weighted by atomic mass is 19.3. The van der Waals surface area contributed by atoms with E-state index in [9.17, 15) is 18.0 Å². The first kappa shape index (κ1) is 38.4. The highest BCUT2D eigenvalue weighted by Gasteiger charge is 2.47. The van der Waals surface area contributed by atoms with Gasteiger partial charge in [0.2, 0.25) is 12.3 Å². The molecule has 1 unspecified atom stereocenters. The Bertz CT molecular complexity index is 1330. The minimum atomic E-state index is -2.68. The van der Waals surface area contributed by atoms with Gasteiger partial charge in [-0.25, -0.2) is 17.9 Å². The zero-order valence-corrected chi connectivity index (χ0v) is 26.5. The average Bonchev–Trinajstić information content (AvgIpc) is 3.33. The lowest BCUT2D eigenvalue weighted by atomic mass is 9.91. The quantitative estimate of drug-likeness (QED) is 0.189. The number of nitrogens with zero attached hydrogens (tertiary/aromatic N) is 4. The van der Waals surface area contributed by atoms with E-state index in [4.69, 9.17) is 21.0 Å². The van der Waals surface area contributed by atoms with Crippen LogP contribution in [-0.4, -0.2) is 57.5 Å². The summed E-state index contributed by atoms with van der Waals surface area (Å²) in [4.78, 5) is 25.7. The first-order valence-electron chi connectivity index (χ1n) is 14.3. The number of rotatable bonds is 13. The highest BCUT2D eigenvalue weighted by Crippen LogP contribution is 2.39. The first-order chi connectivity index (χ1) is 21.2. The van der Waals surface area contributed by atoms with Crippen LogP contribution in [0.1, 0.15) is 56.6 Å². The molecule has 1 saturated carbocycles. The van der Waals surface area contributed by atoms with Gasteiger partial charge in [-0.2, -0.15) is 0 Å². The van der Waals surface area contributed by atoms with Crippen molar-refractivity contribution in [2.75, 3.05) is 7.05 Å². The molecule has 2 heterocycles. The fourth-order valence-corrected chi connectivity index (χ4v) is 3.82. The Morgan fingerprint density at radius 1 is 1.24 bits per heavy atom. The van der Waals surface area contributed by atoms with E-state index in [0.29, 0.717) is 41.4 Å². The van der Waals surface area contributed by atoms with Gasteiger partial charge in [-0.05, 0) is 52.7 Å². The minimum Gasteiger partial charge on any atom is -0.490 e. The number of nitrogens with two attached hydrogens (primary N) is 2. The number of allylic oxidation sites excluding steroid dienone is 6. The molecule has 0 bridgehead atoms. The van der Waals surface area contributed by atoms with Gasteiger partial charge >= 0.3 is 0 Å². The molecular formula is C31H45F3N8O3. The maximum absolute atomic E-state index is 14.1. The van der Waals surface area contributed by atoms with Crippen LogP contribution in [0.4, 0.5) is 13.2 Å². The van der Waals surface area contributed by atoms with Crippen molar-refractivity contribution in [3.05, 3.63) is 83.4 Å². The summed E-state index contributed by atoms with van der Waals surface area (Å²) in [7, 11) is 1.56. The summed E-state index contributed by atoms with van der Waals surface area (Å²) in [5.41, 5.74) is 15.0. The predicted molar refractivity (Wildman–Crippen MR) is 168 cm³/mol. The fraction of sp³-hybridized carbons (Fsp3) is 0.452. The van der Waals surface area contributed by atoms with E-state index in [1.807, 2.05) is 26.0 Å². The van der Waals surface area contributed by atoms with Crippen LogP contribution in [0.15, 0.2) is 66.3 Å². The van der Waals surface area contributed by atoms with E-state index >= 15 is 0 Å². The smallest absolute Gasteiger partial charge is 0.255 e. The van der Waals surface area contributed by atoms with E-state index < -0.39 is 24.1 Å². The Morgan fingerprint density at radius 3 is 2.42 bits per heavy atom. The molecule has 3 rings (SSSR count). The van der Waals surface area contributed by atoms with Gasteiger partial charge in [0.25, 0.3) is 5.92 Å². The van der Waals surface area contributed by atoms with Gasteiger partial charge in [0, 0.05) is 49.6 Å². The number of aromatic nitrogens is 4. The van der Waals surface area contributed by atoms with Crippen molar-refractivity contribution < 1.29 is 27.5 Å². The van der Waals surface area contributed by atoms with Crippen molar-refractivity contribution in [3.8, 4) is 5.75 Å². The number of nitrogens with one attached hydrogen (secondary N) is 2. The monoisotopic (exact) mass is 634 g/mol. The molecule has 11 nitrogen and oxygen atoms in total. The van der Waals surface area contributed by atoms with E-state index in [-0.39, 0.29) is 38.0 Å². The second kappa shape index (κ2) is 19.6. The van der Waals surface area contributed by atoms with Crippen LogP contribution in [0.3, 0.4) is 0 Å². The molecule has 0 aromatic carbocycles. The molecule has 2 amide bonds. The Labute approximate surface area is 262 Å². The third-order valence-electron chi connectivity index (χ3n) is 5.79. The lowest BCUT2D eigenvalue weighted by molar-refractivity contribution is -0.134. The number of carbonyl (C=O) groups excluding carboxylic acids is 2. The van der Waals surface area contributed by atoms with Gasteiger partial charge in [-0.3, -0.25) is 14.6 Å². The minimum absolute atomic E-state index is 0.0636. The third kappa shape index (κ3) is 17.3. The van der Waals surface area contributed by atoms with Crippen LogP contribution in [0.5, 0.6) is 5.75 Å². The van der Waals surface area contributed by atoms with Crippen LogP contribution in [-0.2, 0) is 22.6 Å². The van der Waals surface area contributed by atoms with Crippen LogP contribution in [0.25, 0.3) is 0 Å². The van der Waals surface area contributed by atoms with Crippen LogP contribution < -0.4 is 26.8 Å². The molecule has 6 N–H and O–H groups in total. The molecule has 0 saturated heterocycles. The largest absolute Gasteiger partial charge is 0.490 e. The molecule has 0 spiro atoms. The summed E-state index contributed by atoms with van der Waals surface area (Å²) in [6.07, 6.45) is 7.24. The summed E-state index contributed by atoms with van der Waals surface area (Å²) in [5.74, 6) is -2.64. The lowest BCUT2D eigenvalue weighted by Crippen LogP contribution is -2.43. The lowest BCUT2D eigenvalue weighted by Gasteiger charge is -2.34. The number of carbonyl (C=O) groups is 2. The van der Waals surface area contributed by atoms with E-state index in [2.05, 4.69) is 32.5 Å². The molecular weight excluding hydrogens is 589 g/mol. The zero-order valence-electron chi connectivity index (χ0n) is 26.5. The Morgan fingerprint density at radius 2 is 1.91 bits per heavy atom. The fourth-order valence-electron chi connectivity index (χ4n) is 3.82. The molecule has 2 aromatic rings. The van der Waals surface area contributed by atoms with Gasteiger partial charge in [0.05, 0.1) is 24.4 Å². The van der Waals surface area contributed by atoms with Crippen molar-refractivity contribution in [2.24, 2.45) is 11.5 Å². The van der Waals surface area contributed by atoms with E-state index in [1.54, 1.807) is 39.2 Å². The highest BCUT2D eigenvalue weighted by molar-refractivity contribution is 5.79. The van der Waals surface area contributed by atoms with Gasteiger partial charge in [0.15, 0.2) is 0 Å². The van der Waals surface area contributed by atoms with Crippen LogP contribution >= 0.6 is 0 Å². The summed E-state index contributed by atoms with van der Waals surface area (Å²) in [5, 5.41) is 12.4. The second-order valence-corrected chi connectivity index (χ2v) is 10.5. The normalized spacial score (nSPS) is 15.0. The number of amides is 2. The van der Waals surface area contributed by atoms with Crippen molar-refractivity contribution in [3.63, 3.8) is 0 Å². The molecule has 1 aliphatic rings. The molecule has 14 heteroatoms. The summed E-state index contributed by atoms with van der Waals surface area (Å²) in [6, 6.07) is 3.18. The maximum atomic E-state index is 14.1. The van der Waals surface area contributed by atoms with Crippen molar-refractivity contribution in [1.29, 1.82) is 0 Å². The second-order valence-electron chi connectivity index (χ2n) is 10.5.